The van der Waals surface area contributed by atoms with Gasteiger partial charge in [0, 0.05) is 28.5 Å². The quantitative estimate of drug-likeness (QED) is 0.423. The molecule has 172 valence electrons. The van der Waals surface area contributed by atoms with Gasteiger partial charge in [-0.05, 0) is 79.7 Å². The summed E-state index contributed by atoms with van der Waals surface area (Å²) in [5, 5.41) is 5.85. The average molecular weight is 488 g/mol. The van der Waals surface area contributed by atoms with Crippen molar-refractivity contribution in [1.29, 1.82) is 0 Å². The van der Waals surface area contributed by atoms with Crippen molar-refractivity contribution in [2.75, 3.05) is 23.2 Å². The predicted molar refractivity (Wildman–Crippen MR) is 127 cm³/mol. The number of carbonyl (C=O) groups is 2. The number of anilines is 2. The first kappa shape index (κ1) is 24.1. The lowest BCUT2D eigenvalue weighted by Crippen LogP contribution is -2.28. The lowest BCUT2D eigenvalue weighted by atomic mass is 10.2. The summed E-state index contributed by atoms with van der Waals surface area (Å²) < 4.78 is 32.9. The molecule has 3 aromatic rings. The lowest BCUT2D eigenvalue weighted by molar-refractivity contribution is -0.122. The van der Waals surface area contributed by atoms with Gasteiger partial charge in [-0.3, -0.25) is 14.3 Å². The molecule has 0 saturated heterocycles. The van der Waals surface area contributed by atoms with Crippen molar-refractivity contribution >= 4 is 44.8 Å². The average Bonchev–Trinajstić information content (AvgIpc) is 2.80. The van der Waals surface area contributed by atoms with E-state index in [0.717, 1.165) is 0 Å². The van der Waals surface area contributed by atoms with Gasteiger partial charge in [0.05, 0.1) is 4.90 Å². The van der Waals surface area contributed by atoms with Crippen molar-refractivity contribution in [2.45, 2.75) is 11.8 Å². The highest BCUT2D eigenvalue weighted by Gasteiger charge is 2.15. The summed E-state index contributed by atoms with van der Waals surface area (Å²) in [4.78, 5) is 23.9. The maximum Gasteiger partial charge on any atom is 0.261 e. The Labute approximate surface area is 197 Å². The molecule has 0 heterocycles. The van der Waals surface area contributed by atoms with Crippen LogP contribution in [-0.2, 0) is 14.8 Å². The van der Waals surface area contributed by atoms with Gasteiger partial charge in [0.25, 0.3) is 21.8 Å². The molecule has 0 aliphatic rings. The van der Waals surface area contributed by atoms with Crippen LogP contribution in [0.15, 0.2) is 77.7 Å². The number of benzene rings is 3. The molecule has 0 aliphatic carbocycles. The summed E-state index contributed by atoms with van der Waals surface area (Å²) in [5.41, 5.74) is 1.18. The van der Waals surface area contributed by atoms with Crippen LogP contribution in [0.5, 0.6) is 5.75 Å². The van der Waals surface area contributed by atoms with Gasteiger partial charge in [-0.25, -0.2) is 8.42 Å². The molecule has 3 aromatic carbocycles. The largest absolute Gasteiger partial charge is 0.484 e. The van der Waals surface area contributed by atoms with Crippen molar-refractivity contribution < 1.29 is 22.7 Å². The second-order valence-corrected chi connectivity index (χ2v) is 8.98. The highest BCUT2D eigenvalue weighted by molar-refractivity contribution is 7.92. The molecule has 0 bridgehead atoms. The molecule has 8 nitrogen and oxygen atoms in total. The standard InChI is InChI=1S/C23H22ClN3O5S/c1-2-25-22(28)15-32-20-11-9-18(10-12-20)26-23(29)16-3-13-21(14-4-16)33(30,31)27-19-7-5-17(24)6-8-19/h3-14,27H,2,15H2,1H3,(H,25,28)(H,26,29). The number of rotatable bonds is 9. The van der Waals surface area contributed by atoms with Crippen molar-refractivity contribution in [1.82, 2.24) is 5.32 Å². The van der Waals surface area contributed by atoms with Crippen molar-refractivity contribution in [3.05, 3.63) is 83.4 Å². The van der Waals surface area contributed by atoms with E-state index in [1.807, 2.05) is 6.92 Å². The van der Waals surface area contributed by atoms with Crippen LogP contribution in [0.2, 0.25) is 5.02 Å². The summed E-state index contributed by atoms with van der Waals surface area (Å²) in [5.74, 6) is -0.133. The van der Waals surface area contributed by atoms with E-state index >= 15 is 0 Å². The number of likely N-dealkylation sites (N-methyl/N-ethyl adjacent to an activating group) is 1. The molecule has 0 atom stereocenters. The Bertz CT molecular complexity index is 1210. The molecule has 2 amide bonds. The molecular formula is C23H22ClN3O5S. The minimum Gasteiger partial charge on any atom is -0.484 e. The Balaban J connectivity index is 1.59. The first-order valence-electron chi connectivity index (χ1n) is 9.96. The highest BCUT2D eigenvalue weighted by Crippen LogP contribution is 2.20. The third-order valence-corrected chi connectivity index (χ3v) is 6.03. The van der Waals surface area contributed by atoms with Gasteiger partial charge in [-0.2, -0.15) is 0 Å². The number of halogens is 1. The Kier molecular flexibility index (Phi) is 7.92. The van der Waals surface area contributed by atoms with Crippen LogP contribution in [-0.4, -0.2) is 33.4 Å². The monoisotopic (exact) mass is 487 g/mol. The van der Waals surface area contributed by atoms with Crippen LogP contribution in [0, 0.1) is 0 Å². The molecular weight excluding hydrogens is 466 g/mol. The van der Waals surface area contributed by atoms with Crippen LogP contribution < -0.4 is 20.1 Å². The molecule has 0 fully saturated rings. The first-order valence-corrected chi connectivity index (χ1v) is 11.8. The number of sulfonamides is 1. The van der Waals surface area contributed by atoms with Gasteiger partial charge in [-0.15, -0.1) is 0 Å². The number of nitrogens with one attached hydrogen (secondary N) is 3. The first-order chi connectivity index (χ1) is 15.8. The SMILES string of the molecule is CCNC(=O)COc1ccc(NC(=O)c2ccc(S(=O)(=O)Nc3ccc(Cl)cc3)cc2)cc1. The number of carbonyl (C=O) groups excluding carboxylic acids is 2. The van der Waals surface area contributed by atoms with Gasteiger partial charge in [0.15, 0.2) is 6.61 Å². The molecule has 33 heavy (non-hydrogen) atoms. The zero-order chi connectivity index (χ0) is 23.8. The molecule has 0 radical (unpaired) electrons. The van der Waals surface area contributed by atoms with Gasteiger partial charge in [0.2, 0.25) is 0 Å². The van der Waals surface area contributed by atoms with Gasteiger partial charge in [-0.1, -0.05) is 11.6 Å². The molecule has 0 saturated carbocycles. The molecule has 3 N–H and O–H groups in total. The summed E-state index contributed by atoms with van der Waals surface area (Å²) >= 11 is 5.81. The van der Waals surface area contributed by atoms with Crippen LogP contribution >= 0.6 is 11.6 Å². The molecule has 0 spiro atoms. The zero-order valence-corrected chi connectivity index (χ0v) is 19.2. The van der Waals surface area contributed by atoms with Crippen molar-refractivity contribution in [2.24, 2.45) is 0 Å². The van der Waals surface area contributed by atoms with E-state index in [1.54, 1.807) is 48.5 Å². The van der Waals surface area contributed by atoms with E-state index in [-0.39, 0.29) is 23.0 Å². The van der Waals surface area contributed by atoms with Crippen LogP contribution in [0.4, 0.5) is 11.4 Å². The number of ether oxygens (including phenoxy) is 1. The summed E-state index contributed by atoms with van der Waals surface area (Å²) in [6.07, 6.45) is 0. The highest BCUT2D eigenvalue weighted by atomic mass is 35.5. The van der Waals surface area contributed by atoms with E-state index in [1.165, 1.54) is 24.3 Å². The molecule has 0 unspecified atom stereocenters. The van der Waals surface area contributed by atoms with E-state index in [9.17, 15) is 18.0 Å². The van der Waals surface area contributed by atoms with E-state index < -0.39 is 15.9 Å². The fourth-order valence-corrected chi connectivity index (χ4v) is 3.94. The zero-order valence-electron chi connectivity index (χ0n) is 17.7. The minimum absolute atomic E-state index is 0.0163. The number of hydrogen-bond acceptors (Lipinski definition) is 5. The van der Waals surface area contributed by atoms with E-state index in [2.05, 4.69) is 15.4 Å². The number of amides is 2. The normalized spacial score (nSPS) is 10.8. The predicted octanol–water partition coefficient (Wildman–Crippen LogP) is 3.91. The van der Waals surface area contributed by atoms with Gasteiger partial charge in [0.1, 0.15) is 5.75 Å². The molecule has 10 heteroatoms. The van der Waals surface area contributed by atoms with E-state index in [0.29, 0.717) is 28.7 Å². The van der Waals surface area contributed by atoms with Gasteiger partial charge < -0.3 is 15.4 Å². The molecule has 0 aliphatic heterocycles. The third kappa shape index (κ3) is 6.96. The Morgan fingerprint density at radius 2 is 1.48 bits per heavy atom. The summed E-state index contributed by atoms with van der Waals surface area (Å²) in [6, 6.07) is 18.4. The van der Waals surface area contributed by atoms with Crippen LogP contribution in [0.1, 0.15) is 17.3 Å². The smallest absolute Gasteiger partial charge is 0.261 e. The van der Waals surface area contributed by atoms with Crippen LogP contribution in [0.25, 0.3) is 0 Å². The maximum atomic E-state index is 12.5. The Hall–Kier alpha value is -3.56. The van der Waals surface area contributed by atoms with Crippen molar-refractivity contribution in [3.8, 4) is 5.75 Å². The second-order valence-electron chi connectivity index (χ2n) is 6.86. The minimum atomic E-state index is -3.81. The molecule has 0 aromatic heterocycles. The topological polar surface area (TPSA) is 114 Å². The van der Waals surface area contributed by atoms with Gasteiger partial charge >= 0.3 is 0 Å². The number of hydrogen-bond donors (Lipinski definition) is 3. The fraction of sp³-hybridized carbons (Fsp3) is 0.130. The summed E-state index contributed by atoms with van der Waals surface area (Å²) in [7, 11) is -3.81. The van der Waals surface area contributed by atoms with Crippen LogP contribution in [0.3, 0.4) is 0 Å². The van der Waals surface area contributed by atoms with Crippen molar-refractivity contribution in [3.63, 3.8) is 0 Å². The lowest BCUT2D eigenvalue weighted by Gasteiger charge is -2.10. The Morgan fingerprint density at radius 1 is 0.879 bits per heavy atom. The fourth-order valence-electron chi connectivity index (χ4n) is 2.75. The second kappa shape index (κ2) is 10.8. The Morgan fingerprint density at radius 3 is 2.09 bits per heavy atom. The molecule has 3 rings (SSSR count). The maximum absolute atomic E-state index is 12.5. The summed E-state index contributed by atoms with van der Waals surface area (Å²) in [6.45, 7) is 2.25. The van der Waals surface area contributed by atoms with E-state index in [4.69, 9.17) is 16.3 Å². The third-order valence-electron chi connectivity index (χ3n) is 4.38.